The molecule has 3 nitrogen and oxygen atoms in total. The van der Waals surface area contributed by atoms with E-state index in [4.69, 9.17) is 4.74 Å². The summed E-state index contributed by atoms with van der Waals surface area (Å²) in [6, 6.07) is 0.652. The van der Waals surface area contributed by atoms with Crippen molar-refractivity contribution < 1.29 is 4.74 Å². The van der Waals surface area contributed by atoms with Crippen molar-refractivity contribution in [1.29, 1.82) is 0 Å². The second-order valence-electron chi connectivity index (χ2n) is 5.94. The van der Waals surface area contributed by atoms with Gasteiger partial charge >= 0.3 is 0 Å². The molecule has 0 aromatic carbocycles. The molecule has 2 heterocycles. The van der Waals surface area contributed by atoms with Gasteiger partial charge in [0.1, 0.15) is 0 Å². The SMILES string of the molecule is CC(C)C1CN(CC2(C)CCCO2)CCN1. The third-order valence-corrected chi connectivity index (χ3v) is 3.95. The van der Waals surface area contributed by atoms with E-state index in [0.717, 1.165) is 25.6 Å². The van der Waals surface area contributed by atoms with Gasteiger partial charge in [0.15, 0.2) is 0 Å². The third-order valence-electron chi connectivity index (χ3n) is 3.95. The van der Waals surface area contributed by atoms with E-state index in [-0.39, 0.29) is 5.60 Å². The highest BCUT2D eigenvalue weighted by Gasteiger charge is 2.33. The van der Waals surface area contributed by atoms with E-state index in [2.05, 4.69) is 31.0 Å². The van der Waals surface area contributed by atoms with Gasteiger partial charge in [0.05, 0.1) is 5.60 Å². The molecule has 16 heavy (non-hydrogen) atoms. The molecule has 0 aliphatic carbocycles. The van der Waals surface area contributed by atoms with Gasteiger partial charge in [-0.3, -0.25) is 4.90 Å². The molecule has 0 spiro atoms. The maximum Gasteiger partial charge on any atom is 0.0781 e. The van der Waals surface area contributed by atoms with Crippen molar-refractivity contribution >= 4 is 0 Å². The smallest absolute Gasteiger partial charge is 0.0781 e. The Morgan fingerprint density at radius 2 is 2.31 bits per heavy atom. The molecule has 2 unspecified atom stereocenters. The van der Waals surface area contributed by atoms with Crippen molar-refractivity contribution in [3.05, 3.63) is 0 Å². The Morgan fingerprint density at radius 3 is 2.94 bits per heavy atom. The van der Waals surface area contributed by atoms with Crippen molar-refractivity contribution in [3.63, 3.8) is 0 Å². The Labute approximate surface area is 99.5 Å². The van der Waals surface area contributed by atoms with Crippen LogP contribution in [0.3, 0.4) is 0 Å². The van der Waals surface area contributed by atoms with Crippen LogP contribution in [0, 0.1) is 5.92 Å². The lowest BCUT2D eigenvalue weighted by Crippen LogP contribution is -2.55. The normalized spacial score (nSPS) is 37.1. The quantitative estimate of drug-likeness (QED) is 0.789. The van der Waals surface area contributed by atoms with E-state index in [1.807, 2.05) is 0 Å². The van der Waals surface area contributed by atoms with E-state index in [0.29, 0.717) is 6.04 Å². The first kappa shape index (κ1) is 12.3. The topological polar surface area (TPSA) is 24.5 Å². The first-order valence-electron chi connectivity index (χ1n) is 6.69. The van der Waals surface area contributed by atoms with E-state index in [1.165, 1.54) is 25.9 Å². The monoisotopic (exact) mass is 226 g/mol. The molecule has 94 valence electrons. The minimum absolute atomic E-state index is 0.124. The van der Waals surface area contributed by atoms with E-state index in [1.54, 1.807) is 0 Å². The third kappa shape index (κ3) is 2.96. The van der Waals surface area contributed by atoms with Crippen molar-refractivity contribution in [2.45, 2.75) is 45.3 Å². The fourth-order valence-electron chi connectivity index (χ4n) is 2.87. The molecule has 0 amide bonds. The first-order valence-corrected chi connectivity index (χ1v) is 6.69. The fourth-order valence-corrected chi connectivity index (χ4v) is 2.87. The Balaban J connectivity index is 1.85. The summed E-state index contributed by atoms with van der Waals surface area (Å²) in [6.45, 7) is 12.4. The molecular weight excluding hydrogens is 200 g/mol. The summed E-state index contributed by atoms with van der Waals surface area (Å²) in [5.74, 6) is 0.722. The van der Waals surface area contributed by atoms with Crippen LogP contribution in [0.4, 0.5) is 0 Å². The molecule has 2 atom stereocenters. The molecule has 2 saturated heterocycles. The summed E-state index contributed by atoms with van der Waals surface area (Å²) in [4.78, 5) is 2.58. The van der Waals surface area contributed by atoms with Gasteiger partial charge in [0.2, 0.25) is 0 Å². The summed E-state index contributed by atoms with van der Waals surface area (Å²) < 4.78 is 5.88. The second-order valence-corrected chi connectivity index (χ2v) is 5.94. The van der Waals surface area contributed by atoms with Gasteiger partial charge in [0, 0.05) is 38.8 Å². The van der Waals surface area contributed by atoms with Crippen molar-refractivity contribution in [2.24, 2.45) is 5.92 Å². The Bertz CT molecular complexity index is 224. The summed E-state index contributed by atoms with van der Waals surface area (Å²) in [5.41, 5.74) is 0.124. The minimum Gasteiger partial charge on any atom is -0.374 e. The summed E-state index contributed by atoms with van der Waals surface area (Å²) in [6.07, 6.45) is 2.46. The predicted molar refractivity (Wildman–Crippen MR) is 66.7 cm³/mol. The molecule has 0 bridgehead atoms. The Hall–Kier alpha value is -0.120. The average molecular weight is 226 g/mol. The average Bonchev–Trinajstić information content (AvgIpc) is 2.65. The van der Waals surface area contributed by atoms with Crippen LogP contribution in [0.15, 0.2) is 0 Å². The van der Waals surface area contributed by atoms with E-state index >= 15 is 0 Å². The maximum absolute atomic E-state index is 5.88. The van der Waals surface area contributed by atoms with Crippen molar-refractivity contribution in [1.82, 2.24) is 10.2 Å². The number of rotatable bonds is 3. The molecule has 0 saturated carbocycles. The number of piperazine rings is 1. The molecule has 0 radical (unpaired) electrons. The summed E-state index contributed by atoms with van der Waals surface area (Å²) in [7, 11) is 0. The molecule has 2 fully saturated rings. The lowest BCUT2D eigenvalue weighted by atomic mass is 9.98. The van der Waals surface area contributed by atoms with E-state index < -0.39 is 0 Å². The molecular formula is C13H26N2O. The van der Waals surface area contributed by atoms with Crippen LogP contribution in [-0.4, -0.2) is 49.3 Å². The highest BCUT2D eigenvalue weighted by atomic mass is 16.5. The second kappa shape index (κ2) is 5.03. The van der Waals surface area contributed by atoms with Crippen LogP contribution in [0.2, 0.25) is 0 Å². The van der Waals surface area contributed by atoms with E-state index in [9.17, 15) is 0 Å². The zero-order chi connectivity index (χ0) is 11.6. The molecule has 0 aromatic heterocycles. The summed E-state index contributed by atoms with van der Waals surface area (Å²) >= 11 is 0. The maximum atomic E-state index is 5.88. The van der Waals surface area contributed by atoms with Gasteiger partial charge in [-0.25, -0.2) is 0 Å². The van der Waals surface area contributed by atoms with Crippen molar-refractivity contribution in [3.8, 4) is 0 Å². The van der Waals surface area contributed by atoms with Gasteiger partial charge < -0.3 is 10.1 Å². The number of ether oxygens (including phenoxy) is 1. The van der Waals surface area contributed by atoms with Crippen LogP contribution in [0.1, 0.15) is 33.6 Å². The van der Waals surface area contributed by atoms with Gasteiger partial charge in [-0.2, -0.15) is 0 Å². The molecule has 3 heteroatoms. The number of hydrogen-bond acceptors (Lipinski definition) is 3. The summed E-state index contributed by atoms with van der Waals surface area (Å²) in [5, 5.41) is 3.60. The number of nitrogens with one attached hydrogen (secondary N) is 1. The van der Waals surface area contributed by atoms with Crippen LogP contribution in [0.25, 0.3) is 0 Å². The Morgan fingerprint density at radius 1 is 1.50 bits per heavy atom. The van der Waals surface area contributed by atoms with Crippen LogP contribution in [0.5, 0.6) is 0 Å². The number of nitrogens with zero attached hydrogens (tertiary/aromatic N) is 1. The highest BCUT2D eigenvalue weighted by Crippen LogP contribution is 2.26. The first-order chi connectivity index (χ1) is 7.59. The van der Waals surface area contributed by atoms with Gasteiger partial charge in [-0.15, -0.1) is 0 Å². The number of hydrogen-bond donors (Lipinski definition) is 1. The largest absolute Gasteiger partial charge is 0.374 e. The molecule has 2 aliphatic rings. The molecule has 2 aliphatic heterocycles. The fraction of sp³-hybridized carbons (Fsp3) is 1.00. The van der Waals surface area contributed by atoms with Gasteiger partial charge in [-0.1, -0.05) is 13.8 Å². The lowest BCUT2D eigenvalue weighted by molar-refractivity contribution is -0.0160. The molecule has 0 aromatic rings. The molecule has 1 N–H and O–H groups in total. The predicted octanol–water partition coefficient (Wildman–Crippen LogP) is 1.49. The zero-order valence-electron chi connectivity index (χ0n) is 11.0. The highest BCUT2D eigenvalue weighted by molar-refractivity contribution is 4.88. The Kier molecular flexibility index (Phi) is 3.88. The van der Waals surface area contributed by atoms with Crippen LogP contribution < -0.4 is 5.32 Å². The van der Waals surface area contributed by atoms with Crippen LogP contribution in [-0.2, 0) is 4.74 Å². The molecule has 2 rings (SSSR count). The van der Waals surface area contributed by atoms with Crippen molar-refractivity contribution in [2.75, 3.05) is 32.8 Å². The zero-order valence-corrected chi connectivity index (χ0v) is 11.0. The minimum atomic E-state index is 0.124. The lowest BCUT2D eigenvalue weighted by Gasteiger charge is -2.39. The van der Waals surface area contributed by atoms with Crippen LogP contribution >= 0.6 is 0 Å². The van der Waals surface area contributed by atoms with Gasteiger partial charge in [0.25, 0.3) is 0 Å². The standard InChI is InChI=1S/C13H26N2O/c1-11(2)12-9-15(7-6-14-12)10-13(3)5-4-8-16-13/h11-12,14H,4-10H2,1-3H3. The van der Waals surface area contributed by atoms with Gasteiger partial charge in [-0.05, 0) is 25.7 Å².